The number of nitrogens with zero attached hydrogens (tertiary/aromatic N) is 2. The van der Waals surface area contributed by atoms with Crippen LogP contribution in [-0.4, -0.2) is 40.3 Å². The summed E-state index contributed by atoms with van der Waals surface area (Å²) in [4.78, 5) is 23.9. The number of carbonyl (C=O) groups is 1. The van der Waals surface area contributed by atoms with Crippen molar-refractivity contribution in [3.05, 3.63) is 62.3 Å². The van der Waals surface area contributed by atoms with E-state index in [0.29, 0.717) is 47.4 Å². The fourth-order valence-corrected chi connectivity index (χ4v) is 3.95. The van der Waals surface area contributed by atoms with Crippen LogP contribution in [-0.2, 0) is 4.74 Å². The minimum absolute atomic E-state index is 0.344. The van der Waals surface area contributed by atoms with Crippen LogP contribution >= 0.6 is 23.1 Å². The molecule has 0 bridgehead atoms. The maximum Gasteiger partial charge on any atom is 0.341 e. The first-order valence-electron chi connectivity index (χ1n) is 9.00. The minimum atomic E-state index is -1.30. The molecule has 0 radical (unpaired) electrons. The highest BCUT2D eigenvalue weighted by atomic mass is 35.5. The van der Waals surface area contributed by atoms with Crippen LogP contribution in [0.3, 0.4) is 0 Å². The molecular weight excluding hydrogens is 432 g/mol. The van der Waals surface area contributed by atoms with Crippen LogP contribution in [0.1, 0.15) is 28.6 Å². The molecule has 3 aromatic rings. The van der Waals surface area contributed by atoms with Crippen LogP contribution in [0.4, 0.5) is 0 Å². The number of carboxylic acid groups (broad SMARTS) is 1. The Morgan fingerprint density at radius 1 is 1.37 bits per heavy atom. The monoisotopic (exact) mass is 448 g/mol. The lowest BCUT2D eigenvalue weighted by molar-refractivity contribution is 0.0693. The smallest absolute Gasteiger partial charge is 0.341 e. The van der Waals surface area contributed by atoms with Gasteiger partial charge in [0.15, 0.2) is 5.43 Å². The van der Waals surface area contributed by atoms with Gasteiger partial charge in [0.05, 0.1) is 17.3 Å². The predicted octanol–water partition coefficient (Wildman–Crippen LogP) is 3.68. The molecule has 0 aliphatic carbocycles. The first-order valence-corrected chi connectivity index (χ1v) is 10.2. The molecule has 1 aliphatic rings. The Morgan fingerprint density at radius 3 is 2.90 bits per heavy atom. The number of methoxy groups -OCH3 is 1. The number of aromatic nitrogens is 2. The Hall–Kier alpha value is -2.88. The van der Waals surface area contributed by atoms with Gasteiger partial charge >= 0.3 is 5.97 Å². The van der Waals surface area contributed by atoms with Gasteiger partial charge in [0.2, 0.25) is 6.23 Å². The molecule has 8 nitrogen and oxygen atoms in total. The van der Waals surface area contributed by atoms with Gasteiger partial charge in [0.25, 0.3) is 0 Å². The Morgan fingerprint density at radius 2 is 2.20 bits per heavy atom. The van der Waals surface area contributed by atoms with Crippen molar-refractivity contribution in [3.8, 4) is 22.8 Å². The molecule has 1 N–H and O–H groups in total. The van der Waals surface area contributed by atoms with E-state index in [1.54, 1.807) is 35.4 Å². The Kier molecular flexibility index (Phi) is 5.76. The average molecular weight is 449 g/mol. The summed E-state index contributed by atoms with van der Waals surface area (Å²) < 4.78 is 22.6. The van der Waals surface area contributed by atoms with E-state index in [1.165, 1.54) is 23.8 Å². The second-order valence-electron chi connectivity index (χ2n) is 6.55. The molecule has 1 atom stereocenters. The maximum atomic E-state index is 12.4. The van der Waals surface area contributed by atoms with E-state index in [9.17, 15) is 14.7 Å². The molecule has 0 amide bonds. The normalized spacial score (nSPS) is 14.5. The van der Waals surface area contributed by atoms with Gasteiger partial charge < -0.3 is 23.9 Å². The number of ether oxygens (including phenoxy) is 3. The summed E-state index contributed by atoms with van der Waals surface area (Å²) in [6, 6.07) is 4.61. The van der Waals surface area contributed by atoms with E-state index < -0.39 is 17.6 Å². The molecule has 4 rings (SSSR count). The van der Waals surface area contributed by atoms with E-state index >= 15 is 0 Å². The van der Waals surface area contributed by atoms with Crippen LogP contribution < -0.4 is 14.9 Å². The molecule has 2 aromatic heterocycles. The van der Waals surface area contributed by atoms with Crippen LogP contribution in [0.25, 0.3) is 11.3 Å². The molecule has 156 valence electrons. The number of hydrogen-bond donors (Lipinski definition) is 1. The van der Waals surface area contributed by atoms with Crippen LogP contribution in [0.5, 0.6) is 11.5 Å². The molecule has 30 heavy (non-hydrogen) atoms. The zero-order valence-electron chi connectivity index (χ0n) is 15.8. The van der Waals surface area contributed by atoms with Crippen molar-refractivity contribution >= 4 is 29.1 Å². The highest BCUT2D eigenvalue weighted by molar-refractivity contribution is 7.03. The highest BCUT2D eigenvalue weighted by Gasteiger charge is 2.30. The third-order valence-electron chi connectivity index (χ3n) is 4.60. The van der Waals surface area contributed by atoms with Gasteiger partial charge in [-0.2, -0.15) is 0 Å². The first kappa shape index (κ1) is 20.4. The van der Waals surface area contributed by atoms with Crippen molar-refractivity contribution in [1.29, 1.82) is 0 Å². The largest absolute Gasteiger partial charge is 0.492 e. The summed E-state index contributed by atoms with van der Waals surface area (Å²) >= 11 is 7.64. The number of rotatable bonds is 7. The van der Waals surface area contributed by atoms with Crippen molar-refractivity contribution < 1.29 is 24.1 Å². The molecule has 0 saturated carbocycles. The molecule has 10 heteroatoms. The van der Waals surface area contributed by atoms with Gasteiger partial charge in [0, 0.05) is 61.2 Å². The van der Waals surface area contributed by atoms with E-state index in [1.807, 2.05) is 0 Å². The fraction of sp³-hybridized carbons (Fsp3) is 0.250. The van der Waals surface area contributed by atoms with Gasteiger partial charge in [0.1, 0.15) is 17.1 Å². The summed E-state index contributed by atoms with van der Waals surface area (Å²) in [5, 5.41) is 11.5. The number of pyridine rings is 1. The maximum absolute atomic E-state index is 12.4. The molecule has 0 fully saturated rings. The van der Waals surface area contributed by atoms with Crippen molar-refractivity contribution in [1.82, 2.24) is 8.94 Å². The quantitative estimate of drug-likeness (QED) is 0.550. The number of carboxylic acids is 1. The van der Waals surface area contributed by atoms with Crippen molar-refractivity contribution in [3.63, 3.8) is 0 Å². The number of hydrogen-bond acceptors (Lipinski definition) is 7. The Balaban J connectivity index is 1.81. The second-order valence-corrected chi connectivity index (χ2v) is 7.62. The Bertz CT molecular complexity index is 1140. The van der Waals surface area contributed by atoms with Gasteiger partial charge in [-0.3, -0.25) is 4.79 Å². The molecule has 1 aliphatic heterocycles. The standard InChI is InChI=1S/C20H17ClN2O6S/c1-27-3-2-4-28-18-7-17-12(5-14(18)21)15-6-16(24)13(20(25)26)9-23(15)19(29-17)11-8-22-30-10-11/h5-10,19H,2-4H2,1H3,(H,25,26). The van der Waals surface area contributed by atoms with Crippen molar-refractivity contribution in [2.45, 2.75) is 12.6 Å². The third-order valence-corrected chi connectivity index (χ3v) is 5.50. The topological polar surface area (TPSA) is 99.9 Å². The molecule has 1 unspecified atom stereocenters. The summed E-state index contributed by atoms with van der Waals surface area (Å²) in [6.45, 7) is 0.983. The van der Waals surface area contributed by atoms with E-state index in [4.69, 9.17) is 25.8 Å². The minimum Gasteiger partial charge on any atom is -0.492 e. The van der Waals surface area contributed by atoms with Gasteiger partial charge in [-0.05, 0) is 17.6 Å². The predicted molar refractivity (Wildman–Crippen MR) is 111 cm³/mol. The van der Waals surface area contributed by atoms with Gasteiger partial charge in [-0.15, -0.1) is 0 Å². The van der Waals surface area contributed by atoms with Crippen LogP contribution in [0.2, 0.25) is 5.02 Å². The molecule has 3 heterocycles. The van der Waals surface area contributed by atoms with Gasteiger partial charge in [-0.1, -0.05) is 11.6 Å². The van der Waals surface area contributed by atoms with E-state index in [2.05, 4.69) is 4.37 Å². The van der Waals surface area contributed by atoms with Crippen LogP contribution in [0.15, 0.2) is 40.8 Å². The third kappa shape index (κ3) is 3.79. The zero-order chi connectivity index (χ0) is 21.3. The summed E-state index contributed by atoms with van der Waals surface area (Å²) in [7, 11) is 1.62. The second kappa shape index (κ2) is 8.47. The first-order chi connectivity index (χ1) is 14.5. The SMILES string of the molecule is COCCCOc1cc2c(cc1Cl)-c1cc(=O)c(C(=O)O)cn1C(c1cnsc1)O2. The molecule has 0 saturated heterocycles. The summed E-state index contributed by atoms with van der Waals surface area (Å²) in [5.41, 5.74) is 0.848. The lowest BCUT2D eigenvalue weighted by Crippen LogP contribution is -2.27. The summed E-state index contributed by atoms with van der Waals surface area (Å²) in [5.74, 6) is -0.382. The number of aromatic carboxylic acids is 1. The van der Waals surface area contributed by atoms with E-state index in [0.717, 1.165) is 5.56 Å². The average Bonchev–Trinajstić information content (AvgIpc) is 3.25. The van der Waals surface area contributed by atoms with Crippen LogP contribution in [0, 0.1) is 0 Å². The lowest BCUT2D eigenvalue weighted by Gasteiger charge is -2.31. The number of benzene rings is 1. The number of halogens is 1. The van der Waals surface area contributed by atoms with Crippen molar-refractivity contribution in [2.24, 2.45) is 0 Å². The van der Waals surface area contributed by atoms with Gasteiger partial charge in [-0.25, -0.2) is 9.17 Å². The van der Waals surface area contributed by atoms with Crippen molar-refractivity contribution in [2.75, 3.05) is 20.3 Å². The molecule has 0 spiro atoms. The zero-order valence-corrected chi connectivity index (χ0v) is 17.4. The highest BCUT2D eigenvalue weighted by Crippen LogP contribution is 2.44. The fourth-order valence-electron chi connectivity index (χ4n) is 3.19. The molecular formula is C20H17ClN2O6S. The summed E-state index contributed by atoms with van der Waals surface area (Å²) in [6.07, 6.45) is 2.94. The number of fused-ring (bicyclic) bond motifs is 3. The van der Waals surface area contributed by atoms with E-state index in [-0.39, 0.29) is 5.56 Å². The Labute approximate surface area is 180 Å². The lowest BCUT2D eigenvalue weighted by atomic mass is 10.0. The molecule has 1 aromatic carbocycles.